The maximum Gasteiger partial charge on any atom is 0.307 e. The molecule has 1 fully saturated rings. The number of nitrogens with zero attached hydrogens (tertiary/aromatic N) is 1. The van der Waals surface area contributed by atoms with Crippen LogP contribution in [-0.4, -0.2) is 12.6 Å². The number of rotatable bonds is 3. The van der Waals surface area contributed by atoms with Crippen molar-refractivity contribution in [2.45, 2.75) is 60.3 Å². The first kappa shape index (κ1) is 15.0. The van der Waals surface area contributed by atoms with Crippen LogP contribution in [0.2, 0.25) is 0 Å². The molecule has 1 aliphatic carbocycles. The third-order valence-electron chi connectivity index (χ3n) is 3.62. The highest BCUT2D eigenvalue weighted by Crippen LogP contribution is 2.55. The normalized spacial score (nSPS) is 24.0. The van der Waals surface area contributed by atoms with E-state index in [4.69, 9.17) is 4.74 Å². The fourth-order valence-electron chi connectivity index (χ4n) is 4.05. The molecule has 0 N–H and O–H groups in total. The van der Waals surface area contributed by atoms with E-state index in [2.05, 4.69) is 33.8 Å². The van der Waals surface area contributed by atoms with Crippen molar-refractivity contribution in [3.8, 4) is 6.07 Å². The molecule has 0 radical (unpaired) electrons. The highest BCUT2D eigenvalue weighted by molar-refractivity contribution is 5.71. The van der Waals surface area contributed by atoms with E-state index >= 15 is 0 Å². The van der Waals surface area contributed by atoms with Gasteiger partial charge in [-0.05, 0) is 37.0 Å². The minimum absolute atomic E-state index is 0.101. The second kappa shape index (κ2) is 4.91. The maximum atomic E-state index is 11.7. The van der Waals surface area contributed by atoms with Gasteiger partial charge in [0.25, 0.3) is 0 Å². The summed E-state index contributed by atoms with van der Waals surface area (Å²) >= 11 is 0. The zero-order valence-electron chi connectivity index (χ0n) is 12.3. The Hall–Kier alpha value is -1.04. The second-order valence-electron chi connectivity index (χ2n) is 7.23. The minimum Gasteiger partial charge on any atom is -0.466 e. The second-order valence-corrected chi connectivity index (χ2v) is 7.23. The number of carbonyl (C=O) groups excluding carboxylic acids is 1. The molecule has 0 aromatic carbocycles. The molecule has 0 amide bonds. The molecule has 0 aliphatic heterocycles. The van der Waals surface area contributed by atoms with Gasteiger partial charge in [0.1, 0.15) is 0 Å². The van der Waals surface area contributed by atoms with E-state index in [0.29, 0.717) is 6.61 Å². The Balaban J connectivity index is 2.93. The summed E-state index contributed by atoms with van der Waals surface area (Å²) < 4.78 is 5.02. The van der Waals surface area contributed by atoms with Crippen LogP contribution in [0.25, 0.3) is 0 Å². The van der Waals surface area contributed by atoms with Crippen LogP contribution < -0.4 is 0 Å². The first-order chi connectivity index (χ1) is 8.14. The lowest BCUT2D eigenvalue weighted by Crippen LogP contribution is -2.42. The molecule has 0 unspecified atom stereocenters. The summed E-state index contributed by atoms with van der Waals surface area (Å²) in [4.78, 5) is 11.7. The first-order valence-corrected chi connectivity index (χ1v) is 6.71. The molecule has 18 heavy (non-hydrogen) atoms. The van der Waals surface area contributed by atoms with Crippen LogP contribution in [0.4, 0.5) is 0 Å². The Bertz CT molecular complexity index is 347. The maximum absolute atomic E-state index is 11.7. The van der Waals surface area contributed by atoms with E-state index < -0.39 is 5.41 Å². The Labute approximate surface area is 111 Å². The van der Waals surface area contributed by atoms with Gasteiger partial charge in [0.05, 0.1) is 24.5 Å². The van der Waals surface area contributed by atoms with Crippen LogP contribution in [0.5, 0.6) is 0 Å². The fourth-order valence-corrected chi connectivity index (χ4v) is 4.05. The van der Waals surface area contributed by atoms with E-state index in [0.717, 1.165) is 19.3 Å². The molecule has 0 atom stereocenters. The van der Waals surface area contributed by atoms with Gasteiger partial charge in [0, 0.05) is 0 Å². The van der Waals surface area contributed by atoms with Gasteiger partial charge in [-0.3, -0.25) is 4.79 Å². The minimum atomic E-state index is -0.558. The number of ether oxygens (including phenoxy) is 1. The van der Waals surface area contributed by atoms with Crippen LogP contribution in [0.3, 0.4) is 0 Å². The smallest absolute Gasteiger partial charge is 0.307 e. The van der Waals surface area contributed by atoms with Crippen molar-refractivity contribution in [3.63, 3.8) is 0 Å². The third-order valence-corrected chi connectivity index (χ3v) is 3.62. The molecule has 102 valence electrons. The van der Waals surface area contributed by atoms with Crippen molar-refractivity contribution in [3.05, 3.63) is 0 Å². The molecule has 1 aliphatic rings. The molecule has 0 saturated heterocycles. The van der Waals surface area contributed by atoms with E-state index in [1.165, 1.54) is 0 Å². The molecule has 0 aromatic rings. The summed E-state index contributed by atoms with van der Waals surface area (Å²) in [5.74, 6) is -0.243. The number of hydrogen-bond donors (Lipinski definition) is 0. The number of nitriles is 1. The predicted molar refractivity (Wildman–Crippen MR) is 70.7 cm³/mol. The molecule has 1 saturated carbocycles. The topological polar surface area (TPSA) is 50.1 Å². The van der Waals surface area contributed by atoms with Crippen LogP contribution in [0, 0.1) is 27.6 Å². The van der Waals surface area contributed by atoms with Crippen molar-refractivity contribution in [1.29, 1.82) is 5.26 Å². The summed E-state index contributed by atoms with van der Waals surface area (Å²) in [6, 6.07) is 2.42. The molecule has 3 nitrogen and oxygen atoms in total. The van der Waals surface area contributed by atoms with Gasteiger partial charge in [-0.25, -0.2) is 0 Å². The SMILES string of the molecule is CCOC(=O)CC1(C#N)CC(C)(C)CC(C)(C)C1. The number of carbonyl (C=O) groups is 1. The van der Waals surface area contributed by atoms with Gasteiger partial charge in [0.2, 0.25) is 0 Å². The zero-order valence-corrected chi connectivity index (χ0v) is 12.3. The Morgan fingerprint density at radius 2 is 1.67 bits per heavy atom. The van der Waals surface area contributed by atoms with Crippen LogP contribution in [0.15, 0.2) is 0 Å². The lowest BCUT2D eigenvalue weighted by molar-refractivity contribution is -0.146. The first-order valence-electron chi connectivity index (χ1n) is 6.71. The molecule has 0 aromatic heterocycles. The Morgan fingerprint density at radius 1 is 1.17 bits per heavy atom. The van der Waals surface area contributed by atoms with Crippen molar-refractivity contribution < 1.29 is 9.53 Å². The molecule has 0 spiro atoms. The highest BCUT2D eigenvalue weighted by atomic mass is 16.5. The summed E-state index contributed by atoms with van der Waals surface area (Å²) in [6.07, 6.45) is 2.87. The average Bonchev–Trinajstić information content (AvgIpc) is 2.12. The molecular formula is C15H25NO2. The van der Waals surface area contributed by atoms with E-state index in [1.54, 1.807) is 6.92 Å². The summed E-state index contributed by atoms with van der Waals surface area (Å²) in [5.41, 5.74) is -0.356. The molecule has 0 heterocycles. The monoisotopic (exact) mass is 251 g/mol. The Kier molecular flexibility index (Phi) is 4.10. The number of hydrogen-bond acceptors (Lipinski definition) is 3. The molecular weight excluding hydrogens is 226 g/mol. The van der Waals surface area contributed by atoms with Crippen molar-refractivity contribution in [2.75, 3.05) is 6.61 Å². The summed E-state index contributed by atoms with van der Waals surface area (Å²) in [5, 5.41) is 9.57. The average molecular weight is 251 g/mol. The predicted octanol–water partition coefficient (Wildman–Crippen LogP) is 3.69. The van der Waals surface area contributed by atoms with E-state index in [1.807, 2.05) is 0 Å². The quantitative estimate of drug-likeness (QED) is 0.719. The number of esters is 1. The van der Waals surface area contributed by atoms with Gasteiger partial charge in [-0.1, -0.05) is 27.7 Å². The largest absolute Gasteiger partial charge is 0.466 e. The van der Waals surface area contributed by atoms with E-state index in [-0.39, 0.29) is 23.2 Å². The summed E-state index contributed by atoms with van der Waals surface area (Å²) in [6.45, 7) is 10.9. The van der Waals surface area contributed by atoms with Crippen LogP contribution in [0.1, 0.15) is 60.3 Å². The lowest BCUT2D eigenvalue weighted by Gasteiger charge is -2.48. The third kappa shape index (κ3) is 3.73. The lowest BCUT2D eigenvalue weighted by atomic mass is 9.55. The van der Waals surface area contributed by atoms with Crippen LogP contribution >= 0.6 is 0 Å². The van der Waals surface area contributed by atoms with Crippen molar-refractivity contribution >= 4 is 5.97 Å². The van der Waals surface area contributed by atoms with Crippen LogP contribution in [-0.2, 0) is 9.53 Å². The fraction of sp³-hybridized carbons (Fsp3) is 0.867. The van der Waals surface area contributed by atoms with Crippen molar-refractivity contribution in [2.24, 2.45) is 16.2 Å². The molecule has 1 rings (SSSR count). The van der Waals surface area contributed by atoms with Gasteiger partial charge in [-0.2, -0.15) is 5.26 Å². The zero-order chi connectivity index (χ0) is 14.0. The van der Waals surface area contributed by atoms with E-state index in [9.17, 15) is 10.1 Å². The van der Waals surface area contributed by atoms with Crippen molar-refractivity contribution in [1.82, 2.24) is 0 Å². The molecule has 3 heteroatoms. The standard InChI is InChI=1S/C15H25NO2/c1-6-18-12(17)7-15(11-16)9-13(2,3)8-14(4,5)10-15/h6-10H2,1-5H3. The Morgan fingerprint density at radius 3 is 2.06 bits per heavy atom. The molecule has 0 bridgehead atoms. The van der Waals surface area contributed by atoms with Gasteiger partial charge in [-0.15, -0.1) is 0 Å². The van der Waals surface area contributed by atoms with Gasteiger partial charge in [0.15, 0.2) is 0 Å². The summed E-state index contributed by atoms with van der Waals surface area (Å²) in [7, 11) is 0. The van der Waals surface area contributed by atoms with Gasteiger partial charge < -0.3 is 4.74 Å². The van der Waals surface area contributed by atoms with Gasteiger partial charge >= 0.3 is 5.97 Å². The highest BCUT2D eigenvalue weighted by Gasteiger charge is 2.48.